The van der Waals surface area contributed by atoms with E-state index < -0.39 is 5.97 Å². The van der Waals surface area contributed by atoms with E-state index in [4.69, 9.17) is 10.2 Å². The maximum absolute atomic E-state index is 10.7. The van der Waals surface area contributed by atoms with Gasteiger partial charge in [-0.05, 0) is 18.8 Å². The van der Waals surface area contributed by atoms with Gasteiger partial charge in [-0.3, -0.25) is 4.79 Å². The maximum atomic E-state index is 10.7. The molecule has 0 fully saturated rings. The van der Waals surface area contributed by atoms with Crippen LogP contribution in [0.3, 0.4) is 0 Å². The Labute approximate surface area is 143 Å². The summed E-state index contributed by atoms with van der Waals surface area (Å²) in [6, 6.07) is 0. The molecule has 3 heteroatoms. The largest absolute Gasteiger partial charge is 0.481 e. The van der Waals surface area contributed by atoms with Gasteiger partial charge in [-0.25, -0.2) is 0 Å². The summed E-state index contributed by atoms with van der Waals surface area (Å²) in [5, 5.41) is 17.8. The van der Waals surface area contributed by atoms with Gasteiger partial charge in [0.15, 0.2) is 0 Å². The van der Waals surface area contributed by atoms with Crippen molar-refractivity contribution in [3.63, 3.8) is 0 Å². The lowest BCUT2D eigenvalue weighted by Crippen LogP contribution is -2.09. The molecule has 0 radical (unpaired) electrons. The molecule has 0 spiro atoms. The highest BCUT2D eigenvalue weighted by molar-refractivity contribution is 5.66. The number of hydrogen-bond acceptors (Lipinski definition) is 2. The maximum Gasteiger partial charge on any atom is 0.303 e. The molecular formula is C20H40O3. The minimum Gasteiger partial charge on any atom is -0.481 e. The van der Waals surface area contributed by atoms with Crippen LogP contribution in [0.2, 0.25) is 0 Å². The average molecular weight is 329 g/mol. The van der Waals surface area contributed by atoms with Crippen LogP contribution in [-0.4, -0.2) is 22.8 Å². The molecule has 0 rings (SSSR count). The fourth-order valence-electron chi connectivity index (χ4n) is 3.23. The summed E-state index contributed by atoms with van der Waals surface area (Å²) in [5.74, 6) is -0.580. The SMILES string of the molecule is CCCCCCCCCCCCCCCC(CCO)CC(=O)O. The molecule has 0 aromatic heterocycles. The van der Waals surface area contributed by atoms with Gasteiger partial charge in [0, 0.05) is 13.0 Å². The number of hydrogen-bond donors (Lipinski definition) is 2. The molecule has 0 amide bonds. The molecule has 0 heterocycles. The number of carboxylic acid groups (broad SMARTS) is 1. The third-order valence-electron chi connectivity index (χ3n) is 4.72. The topological polar surface area (TPSA) is 57.5 Å². The molecule has 0 aliphatic carbocycles. The van der Waals surface area contributed by atoms with Crippen LogP contribution in [0.4, 0.5) is 0 Å². The van der Waals surface area contributed by atoms with E-state index in [1.54, 1.807) is 0 Å². The summed E-state index contributed by atoms with van der Waals surface area (Å²) >= 11 is 0. The Morgan fingerprint density at radius 2 is 1.17 bits per heavy atom. The van der Waals surface area contributed by atoms with Crippen LogP contribution < -0.4 is 0 Å². The van der Waals surface area contributed by atoms with E-state index in [2.05, 4.69) is 6.92 Å². The molecule has 0 saturated heterocycles. The van der Waals surface area contributed by atoms with Gasteiger partial charge in [-0.15, -0.1) is 0 Å². The quantitative estimate of drug-likeness (QED) is 0.306. The standard InChI is InChI=1S/C20H40O3/c1-2-3-4-5-6-7-8-9-10-11-12-13-14-15-19(16-17-21)18-20(22)23/h19,21H,2-18H2,1H3,(H,22,23). The lowest BCUT2D eigenvalue weighted by atomic mass is 9.94. The third kappa shape index (κ3) is 17.6. The smallest absolute Gasteiger partial charge is 0.303 e. The van der Waals surface area contributed by atoms with Crippen molar-refractivity contribution in [2.24, 2.45) is 5.92 Å². The molecule has 0 aliphatic heterocycles. The van der Waals surface area contributed by atoms with Gasteiger partial charge in [-0.2, -0.15) is 0 Å². The second-order valence-corrected chi connectivity index (χ2v) is 7.01. The first-order valence-electron chi connectivity index (χ1n) is 10.0. The van der Waals surface area contributed by atoms with Crippen molar-refractivity contribution >= 4 is 5.97 Å². The van der Waals surface area contributed by atoms with Crippen LogP contribution in [0.15, 0.2) is 0 Å². The Kier molecular flexibility index (Phi) is 17.3. The Hall–Kier alpha value is -0.570. The van der Waals surface area contributed by atoms with Gasteiger partial charge in [0.1, 0.15) is 0 Å². The summed E-state index contributed by atoms with van der Waals surface area (Å²) in [7, 11) is 0. The normalized spacial score (nSPS) is 12.4. The molecule has 2 N–H and O–H groups in total. The number of unbranched alkanes of at least 4 members (excludes halogenated alkanes) is 12. The van der Waals surface area contributed by atoms with Gasteiger partial charge >= 0.3 is 5.97 Å². The van der Waals surface area contributed by atoms with Crippen molar-refractivity contribution in [3.8, 4) is 0 Å². The molecular weight excluding hydrogens is 288 g/mol. The van der Waals surface area contributed by atoms with E-state index in [0.29, 0.717) is 6.42 Å². The predicted octanol–water partition coefficient (Wildman–Crippen LogP) is 5.94. The van der Waals surface area contributed by atoms with Crippen LogP contribution in [0.1, 0.15) is 110 Å². The highest BCUT2D eigenvalue weighted by Crippen LogP contribution is 2.19. The number of aliphatic hydroxyl groups excluding tert-OH is 1. The minimum atomic E-state index is -0.738. The van der Waals surface area contributed by atoms with Crippen molar-refractivity contribution in [1.82, 2.24) is 0 Å². The third-order valence-corrected chi connectivity index (χ3v) is 4.72. The molecule has 0 aliphatic rings. The van der Waals surface area contributed by atoms with Gasteiger partial charge in [0.25, 0.3) is 0 Å². The predicted molar refractivity (Wildman–Crippen MR) is 97.8 cm³/mol. The molecule has 138 valence electrons. The van der Waals surface area contributed by atoms with Gasteiger partial charge < -0.3 is 10.2 Å². The van der Waals surface area contributed by atoms with Crippen LogP contribution in [0, 0.1) is 5.92 Å². The molecule has 0 aromatic carbocycles. The molecule has 0 saturated carbocycles. The zero-order valence-electron chi connectivity index (χ0n) is 15.4. The summed E-state index contributed by atoms with van der Waals surface area (Å²) < 4.78 is 0. The first-order valence-corrected chi connectivity index (χ1v) is 10.0. The van der Waals surface area contributed by atoms with Crippen molar-refractivity contribution in [2.45, 2.75) is 110 Å². The van der Waals surface area contributed by atoms with Crippen LogP contribution in [0.25, 0.3) is 0 Å². The first kappa shape index (κ1) is 22.4. The van der Waals surface area contributed by atoms with Gasteiger partial charge in [0.2, 0.25) is 0 Å². The summed E-state index contributed by atoms with van der Waals surface area (Å²) in [6.07, 6.45) is 19.2. The number of rotatable bonds is 18. The highest BCUT2D eigenvalue weighted by Gasteiger charge is 2.12. The van der Waals surface area contributed by atoms with E-state index in [1.807, 2.05) is 0 Å². The Morgan fingerprint density at radius 3 is 1.57 bits per heavy atom. The Morgan fingerprint density at radius 1 is 0.739 bits per heavy atom. The number of carbonyl (C=O) groups is 1. The second-order valence-electron chi connectivity index (χ2n) is 7.01. The van der Waals surface area contributed by atoms with Crippen LogP contribution in [0.5, 0.6) is 0 Å². The van der Waals surface area contributed by atoms with Crippen molar-refractivity contribution in [2.75, 3.05) is 6.61 Å². The average Bonchev–Trinajstić information content (AvgIpc) is 2.51. The zero-order chi connectivity index (χ0) is 17.2. The van der Waals surface area contributed by atoms with E-state index >= 15 is 0 Å². The molecule has 0 aromatic rings. The summed E-state index contributed by atoms with van der Waals surface area (Å²) in [6.45, 7) is 2.37. The number of aliphatic hydroxyl groups is 1. The molecule has 1 unspecified atom stereocenters. The second kappa shape index (κ2) is 17.8. The molecule has 0 bridgehead atoms. The van der Waals surface area contributed by atoms with Crippen molar-refractivity contribution in [3.05, 3.63) is 0 Å². The molecule has 23 heavy (non-hydrogen) atoms. The Bertz CT molecular complexity index is 253. The summed E-state index contributed by atoms with van der Waals surface area (Å²) in [5.41, 5.74) is 0. The van der Waals surface area contributed by atoms with E-state index in [9.17, 15) is 4.79 Å². The number of aliphatic carboxylic acids is 1. The van der Waals surface area contributed by atoms with E-state index in [0.717, 1.165) is 12.8 Å². The van der Waals surface area contributed by atoms with E-state index in [-0.39, 0.29) is 18.9 Å². The zero-order valence-corrected chi connectivity index (χ0v) is 15.4. The lowest BCUT2D eigenvalue weighted by molar-refractivity contribution is -0.138. The highest BCUT2D eigenvalue weighted by atomic mass is 16.4. The fraction of sp³-hybridized carbons (Fsp3) is 0.950. The van der Waals surface area contributed by atoms with E-state index in [1.165, 1.54) is 77.0 Å². The van der Waals surface area contributed by atoms with Crippen LogP contribution in [-0.2, 0) is 4.79 Å². The number of carboxylic acids is 1. The van der Waals surface area contributed by atoms with Gasteiger partial charge in [0.05, 0.1) is 0 Å². The minimum absolute atomic E-state index is 0.108. The lowest BCUT2D eigenvalue weighted by Gasteiger charge is -2.12. The molecule has 1 atom stereocenters. The monoisotopic (exact) mass is 328 g/mol. The molecule has 3 nitrogen and oxygen atoms in total. The van der Waals surface area contributed by atoms with Crippen LogP contribution >= 0.6 is 0 Å². The van der Waals surface area contributed by atoms with Gasteiger partial charge in [-0.1, -0.05) is 90.4 Å². The Balaban J connectivity index is 3.27. The van der Waals surface area contributed by atoms with Crippen molar-refractivity contribution < 1.29 is 15.0 Å². The fourth-order valence-corrected chi connectivity index (χ4v) is 3.23. The summed E-state index contributed by atoms with van der Waals surface area (Å²) in [4.78, 5) is 10.7. The first-order chi connectivity index (χ1) is 11.2. The van der Waals surface area contributed by atoms with Crippen molar-refractivity contribution in [1.29, 1.82) is 0 Å².